The number of rotatable bonds is 2. The van der Waals surface area contributed by atoms with Crippen LogP contribution in [0.4, 0.5) is 5.69 Å². The molecule has 2 N–H and O–H groups in total. The van der Waals surface area contributed by atoms with Crippen molar-refractivity contribution >= 4 is 17.3 Å². The largest absolute Gasteiger partial charge is 0.382 e. The molecule has 0 amide bonds. The van der Waals surface area contributed by atoms with Gasteiger partial charge >= 0.3 is 0 Å². The normalized spacial score (nSPS) is 23.2. The molecule has 24 heavy (non-hydrogen) atoms. The molecular formula is C21H22ClNO. The first kappa shape index (κ1) is 16.9. The van der Waals surface area contributed by atoms with Gasteiger partial charge in [0.15, 0.2) is 0 Å². The smallest absolute Gasteiger partial charge is 0.127 e. The molecule has 0 bridgehead atoms. The molecular weight excluding hydrogens is 318 g/mol. The number of anilines is 1. The third-order valence-electron chi connectivity index (χ3n) is 4.40. The van der Waals surface area contributed by atoms with E-state index < -0.39 is 5.60 Å². The third kappa shape index (κ3) is 4.54. The maximum atomic E-state index is 10.9. The first-order valence-corrected chi connectivity index (χ1v) is 8.75. The van der Waals surface area contributed by atoms with Crippen LogP contribution >= 0.6 is 11.6 Å². The van der Waals surface area contributed by atoms with Gasteiger partial charge in [-0.15, -0.1) is 0 Å². The molecule has 3 rings (SSSR count). The van der Waals surface area contributed by atoms with Crippen LogP contribution in [-0.4, -0.2) is 16.7 Å². The van der Waals surface area contributed by atoms with E-state index in [-0.39, 0.29) is 6.04 Å². The molecule has 0 saturated heterocycles. The minimum atomic E-state index is -0.925. The summed E-state index contributed by atoms with van der Waals surface area (Å²) in [5.41, 5.74) is 2.24. The Morgan fingerprint density at radius 1 is 1.21 bits per heavy atom. The highest BCUT2D eigenvalue weighted by Gasteiger charge is 2.32. The SMILES string of the molecule is Cc1cccc(C#CC2(O)CCCC(Nc3ccc(Cl)cc3)C2)c1. The summed E-state index contributed by atoms with van der Waals surface area (Å²) in [5.74, 6) is 6.25. The number of aliphatic hydroxyl groups is 1. The molecule has 124 valence electrons. The summed E-state index contributed by atoms with van der Waals surface area (Å²) >= 11 is 5.92. The molecule has 2 atom stereocenters. The van der Waals surface area contributed by atoms with Crippen molar-refractivity contribution in [3.63, 3.8) is 0 Å². The van der Waals surface area contributed by atoms with Gasteiger partial charge in [-0.05, 0) is 68.1 Å². The zero-order valence-electron chi connectivity index (χ0n) is 13.8. The fourth-order valence-corrected chi connectivity index (χ4v) is 3.31. The van der Waals surface area contributed by atoms with E-state index in [9.17, 15) is 5.11 Å². The Hall–Kier alpha value is -1.95. The summed E-state index contributed by atoms with van der Waals surface area (Å²) in [6, 6.07) is 16.0. The second-order valence-corrected chi connectivity index (χ2v) is 7.03. The van der Waals surface area contributed by atoms with Gasteiger partial charge in [0.05, 0.1) is 0 Å². The molecule has 2 aromatic rings. The molecule has 2 unspecified atom stereocenters. The van der Waals surface area contributed by atoms with Gasteiger partial charge in [-0.25, -0.2) is 0 Å². The Morgan fingerprint density at radius 3 is 2.75 bits per heavy atom. The molecule has 0 aliphatic heterocycles. The van der Waals surface area contributed by atoms with Crippen molar-refractivity contribution in [1.29, 1.82) is 0 Å². The minimum Gasteiger partial charge on any atom is -0.382 e. The van der Waals surface area contributed by atoms with Crippen LogP contribution in [0.1, 0.15) is 36.8 Å². The molecule has 0 aromatic heterocycles. The molecule has 1 fully saturated rings. The average Bonchev–Trinajstić information content (AvgIpc) is 2.56. The first-order valence-electron chi connectivity index (χ1n) is 8.37. The predicted octanol–water partition coefficient (Wildman–Crippen LogP) is 4.79. The van der Waals surface area contributed by atoms with Crippen LogP contribution < -0.4 is 5.32 Å². The van der Waals surface area contributed by atoms with Gasteiger partial charge in [-0.1, -0.05) is 35.6 Å². The van der Waals surface area contributed by atoms with Crippen LogP contribution in [0, 0.1) is 18.8 Å². The van der Waals surface area contributed by atoms with Crippen LogP contribution in [0.25, 0.3) is 0 Å². The van der Waals surface area contributed by atoms with Crippen LogP contribution in [0.2, 0.25) is 5.02 Å². The van der Waals surface area contributed by atoms with E-state index in [0.717, 1.165) is 35.5 Å². The first-order chi connectivity index (χ1) is 11.5. The molecule has 1 aliphatic rings. The van der Waals surface area contributed by atoms with E-state index >= 15 is 0 Å². The summed E-state index contributed by atoms with van der Waals surface area (Å²) in [5, 5.41) is 15.1. The van der Waals surface area contributed by atoms with Gasteiger partial charge in [-0.3, -0.25) is 0 Å². The van der Waals surface area contributed by atoms with E-state index in [1.165, 1.54) is 5.56 Å². The van der Waals surface area contributed by atoms with Crippen molar-refractivity contribution in [2.45, 2.75) is 44.2 Å². The zero-order chi connectivity index (χ0) is 17.0. The van der Waals surface area contributed by atoms with E-state index in [1.807, 2.05) is 55.5 Å². The summed E-state index contributed by atoms with van der Waals surface area (Å²) in [7, 11) is 0. The summed E-state index contributed by atoms with van der Waals surface area (Å²) < 4.78 is 0. The van der Waals surface area contributed by atoms with Crippen LogP contribution in [0.5, 0.6) is 0 Å². The number of nitrogens with one attached hydrogen (secondary N) is 1. The molecule has 2 aromatic carbocycles. The van der Waals surface area contributed by atoms with Crippen molar-refractivity contribution in [1.82, 2.24) is 0 Å². The standard InChI is InChI=1S/C21H22ClNO/c1-16-4-2-5-17(14-16)11-13-21(24)12-3-6-20(15-21)23-19-9-7-18(22)8-10-19/h2,4-5,7-10,14,20,23-24H,3,6,12,15H2,1H3. The van der Waals surface area contributed by atoms with E-state index in [0.29, 0.717) is 6.42 Å². The Morgan fingerprint density at radius 2 is 2.00 bits per heavy atom. The zero-order valence-corrected chi connectivity index (χ0v) is 14.6. The van der Waals surface area contributed by atoms with Crippen molar-refractivity contribution in [2.24, 2.45) is 0 Å². The van der Waals surface area contributed by atoms with Gasteiger partial charge in [-0.2, -0.15) is 0 Å². The number of hydrogen-bond acceptors (Lipinski definition) is 2. The second-order valence-electron chi connectivity index (χ2n) is 6.60. The van der Waals surface area contributed by atoms with E-state index in [4.69, 9.17) is 11.6 Å². The molecule has 3 heteroatoms. The van der Waals surface area contributed by atoms with Crippen LogP contribution in [0.3, 0.4) is 0 Å². The van der Waals surface area contributed by atoms with Gasteiger partial charge in [0.25, 0.3) is 0 Å². The molecule has 2 nitrogen and oxygen atoms in total. The second kappa shape index (κ2) is 7.30. The van der Waals surface area contributed by atoms with Gasteiger partial charge < -0.3 is 10.4 Å². The van der Waals surface area contributed by atoms with Crippen LogP contribution in [0.15, 0.2) is 48.5 Å². The van der Waals surface area contributed by atoms with E-state index in [2.05, 4.69) is 17.2 Å². The van der Waals surface area contributed by atoms with Crippen molar-refractivity contribution in [3.8, 4) is 11.8 Å². The minimum absolute atomic E-state index is 0.219. The Kier molecular flexibility index (Phi) is 5.14. The van der Waals surface area contributed by atoms with E-state index in [1.54, 1.807) is 0 Å². The van der Waals surface area contributed by atoms with Gasteiger partial charge in [0, 0.05) is 28.7 Å². The highest BCUT2D eigenvalue weighted by atomic mass is 35.5. The quantitative estimate of drug-likeness (QED) is 0.771. The topological polar surface area (TPSA) is 32.3 Å². The average molecular weight is 340 g/mol. The molecule has 0 spiro atoms. The lowest BCUT2D eigenvalue weighted by Crippen LogP contribution is -2.39. The molecule has 1 aliphatic carbocycles. The summed E-state index contributed by atoms with van der Waals surface area (Å²) in [6.45, 7) is 2.05. The van der Waals surface area contributed by atoms with Crippen molar-refractivity contribution in [2.75, 3.05) is 5.32 Å². The molecule has 1 saturated carbocycles. The fraction of sp³-hybridized carbons (Fsp3) is 0.333. The highest BCUT2D eigenvalue weighted by Crippen LogP contribution is 2.30. The predicted molar refractivity (Wildman–Crippen MR) is 100 cm³/mol. The van der Waals surface area contributed by atoms with Gasteiger partial charge in [0.1, 0.15) is 5.60 Å². The van der Waals surface area contributed by atoms with Crippen molar-refractivity contribution in [3.05, 3.63) is 64.7 Å². The fourth-order valence-electron chi connectivity index (χ4n) is 3.18. The number of halogens is 1. The number of aryl methyl sites for hydroxylation is 1. The molecule has 0 heterocycles. The van der Waals surface area contributed by atoms with Crippen molar-refractivity contribution < 1.29 is 5.11 Å². The highest BCUT2D eigenvalue weighted by molar-refractivity contribution is 6.30. The lowest BCUT2D eigenvalue weighted by atomic mass is 9.82. The monoisotopic (exact) mass is 339 g/mol. The lowest BCUT2D eigenvalue weighted by Gasteiger charge is -2.34. The van der Waals surface area contributed by atoms with Crippen LogP contribution in [-0.2, 0) is 0 Å². The maximum Gasteiger partial charge on any atom is 0.127 e. The maximum absolute atomic E-state index is 10.9. The summed E-state index contributed by atoms with van der Waals surface area (Å²) in [4.78, 5) is 0. The number of hydrogen-bond donors (Lipinski definition) is 2. The Labute approximate surface area is 148 Å². The Bertz CT molecular complexity index is 759. The summed E-state index contributed by atoms with van der Waals surface area (Å²) in [6.07, 6.45) is 3.36. The lowest BCUT2D eigenvalue weighted by molar-refractivity contribution is 0.0561. The number of benzene rings is 2. The van der Waals surface area contributed by atoms with Gasteiger partial charge in [0.2, 0.25) is 0 Å². The molecule has 0 radical (unpaired) electrons. The third-order valence-corrected chi connectivity index (χ3v) is 4.65. The Balaban J connectivity index is 1.69.